The third kappa shape index (κ3) is 4.94. The molecular weight excluding hydrogens is 343 g/mol. The van der Waals surface area contributed by atoms with Crippen molar-refractivity contribution in [3.8, 4) is 0 Å². The first-order chi connectivity index (χ1) is 11.3. The fourth-order valence-electron chi connectivity index (χ4n) is 3.64. The molecule has 5 nitrogen and oxygen atoms in total. The molecule has 3 atom stereocenters. The van der Waals surface area contributed by atoms with E-state index in [4.69, 9.17) is 4.74 Å². The zero-order valence-corrected chi connectivity index (χ0v) is 17.2. The third-order valence-corrected chi connectivity index (χ3v) is 6.72. The average Bonchev–Trinajstić information content (AvgIpc) is 2.75. The van der Waals surface area contributed by atoms with Crippen LogP contribution in [0, 0.1) is 5.41 Å². The molecule has 2 fully saturated rings. The van der Waals surface area contributed by atoms with Gasteiger partial charge in [-0.2, -0.15) is 0 Å². The van der Waals surface area contributed by atoms with Crippen LogP contribution < -0.4 is 4.72 Å². The molecule has 1 spiro atoms. The Morgan fingerprint density at radius 3 is 2.20 bits per heavy atom. The molecule has 0 aromatic heterocycles. The second-order valence-electron chi connectivity index (χ2n) is 9.36. The lowest BCUT2D eigenvalue weighted by atomic mass is 9.74. The van der Waals surface area contributed by atoms with Crippen molar-refractivity contribution in [1.29, 1.82) is 0 Å². The molecule has 1 saturated heterocycles. The SMILES string of the molecule is CC(C)(C)OC(=O)N1CCC2(CCC(F)C2N[S@@](=O)C(C)(C)C)CC1. The lowest BCUT2D eigenvalue weighted by Crippen LogP contribution is -2.54. The summed E-state index contributed by atoms with van der Waals surface area (Å²) in [6.45, 7) is 12.3. The van der Waals surface area contributed by atoms with Crippen molar-refractivity contribution in [2.75, 3.05) is 13.1 Å². The smallest absolute Gasteiger partial charge is 0.410 e. The minimum atomic E-state index is -1.30. The van der Waals surface area contributed by atoms with E-state index in [1.165, 1.54) is 0 Å². The zero-order chi connectivity index (χ0) is 19.0. The topological polar surface area (TPSA) is 58.6 Å². The highest BCUT2D eigenvalue weighted by Crippen LogP contribution is 2.48. The predicted octanol–water partition coefficient (Wildman–Crippen LogP) is 3.56. The van der Waals surface area contributed by atoms with E-state index < -0.39 is 33.5 Å². The largest absolute Gasteiger partial charge is 0.444 e. The van der Waals surface area contributed by atoms with E-state index >= 15 is 0 Å². The van der Waals surface area contributed by atoms with Crippen molar-refractivity contribution in [3.05, 3.63) is 0 Å². The van der Waals surface area contributed by atoms with E-state index in [0.717, 1.165) is 6.42 Å². The Morgan fingerprint density at radius 2 is 1.72 bits per heavy atom. The minimum absolute atomic E-state index is 0.223. The Balaban J connectivity index is 2.02. The quantitative estimate of drug-likeness (QED) is 0.802. The van der Waals surface area contributed by atoms with E-state index in [-0.39, 0.29) is 11.5 Å². The monoisotopic (exact) mass is 376 g/mol. The molecule has 1 heterocycles. The molecule has 0 aromatic rings. The van der Waals surface area contributed by atoms with E-state index in [9.17, 15) is 13.4 Å². The molecule has 7 heteroatoms. The lowest BCUT2D eigenvalue weighted by Gasteiger charge is -2.43. The number of likely N-dealkylation sites (tertiary alicyclic amines) is 1. The second kappa shape index (κ2) is 7.14. The van der Waals surface area contributed by atoms with Gasteiger partial charge in [0.1, 0.15) is 11.8 Å². The summed E-state index contributed by atoms with van der Waals surface area (Å²) in [6, 6.07) is -0.409. The van der Waals surface area contributed by atoms with Gasteiger partial charge >= 0.3 is 6.09 Å². The molecule has 146 valence electrons. The van der Waals surface area contributed by atoms with E-state index in [2.05, 4.69) is 4.72 Å². The maximum atomic E-state index is 14.5. The van der Waals surface area contributed by atoms with Gasteiger partial charge in [0.25, 0.3) is 0 Å². The van der Waals surface area contributed by atoms with Crippen LogP contribution in [0.1, 0.15) is 67.2 Å². The summed E-state index contributed by atoms with van der Waals surface area (Å²) in [5.41, 5.74) is -0.740. The van der Waals surface area contributed by atoms with Crippen molar-refractivity contribution < 1.29 is 18.1 Å². The lowest BCUT2D eigenvalue weighted by molar-refractivity contribution is 0.00691. The van der Waals surface area contributed by atoms with Gasteiger partial charge in [0.05, 0.1) is 21.8 Å². The molecule has 0 aromatic carbocycles. The van der Waals surface area contributed by atoms with Crippen LogP contribution in [0.2, 0.25) is 0 Å². The fraction of sp³-hybridized carbons (Fsp3) is 0.944. The van der Waals surface area contributed by atoms with Gasteiger partial charge in [-0.1, -0.05) is 0 Å². The van der Waals surface area contributed by atoms with Gasteiger partial charge in [0, 0.05) is 13.1 Å². The van der Waals surface area contributed by atoms with Crippen LogP contribution in [0.5, 0.6) is 0 Å². The first kappa shape index (κ1) is 20.6. The van der Waals surface area contributed by atoms with Crippen LogP contribution in [-0.4, -0.2) is 50.9 Å². The van der Waals surface area contributed by atoms with Crippen molar-refractivity contribution >= 4 is 17.1 Å². The summed E-state index contributed by atoms with van der Waals surface area (Å²) in [5.74, 6) is 0. The van der Waals surface area contributed by atoms with Crippen molar-refractivity contribution in [1.82, 2.24) is 9.62 Å². The number of hydrogen-bond donors (Lipinski definition) is 1. The van der Waals surface area contributed by atoms with E-state index in [1.807, 2.05) is 41.5 Å². The summed E-state index contributed by atoms with van der Waals surface area (Å²) in [4.78, 5) is 13.9. The highest BCUT2D eigenvalue weighted by molar-refractivity contribution is 7.84. The van der Waals surface area contributed by atoms with Crippen LogP contribution in [0.15, 0.2) is 0 Å². The number of alkyl halides is 1. The van der Waals surface area contributed by atoms with Crippen LogP contribution in [0.3, 0.4) is 0 Å². The molecular formula is C18H33FN2O3S. The Morgan fingerprint density at radius 1 is 1.16 bits per heavy atom. The van der Waals surface area contributed by atoms with E-state index in [1.54, 1.807) is 4.90 Å². The number of piperidine rings is 1. The Labute approximate surface area is 153 Å². The molecule has 1 amide bonds. The van der Waals surface area contributed by atoms with Gasteiger partial charge < -0.3 is 9.64 Å². The number of rotatable bonds is 2. The number of halogens is 1. The number of ether oxygens (including phenoxy) is 1. The molecule has 1 saturated carbocycles. The molecule has 25 heavy (non-hydrogen) atoms. The van der Waals surface area contributed by atoms with Gasteiger partial charge in [-0.15, -0.1) is 0 Å². The first-order valence-electron chi connectivity index (χ1n) is 9.14. The molecule has 0 radical (unpaired) electrons. The number of hydrogen-bond acceptors (Lipinski definition) is 3. The normalized spacial score (nSPS) is 28.2. The summed E-state index contributed by atoms with van der Waals surface area (Å²) >= 11 is 0. The molecule has 1 aliphatic heterocycles. The highest BCUT2D eigenvalue weighted by Gasteiger charge is 2.51. The number of carbonyl (C=O) groups excluding carboxylic acids is 1. The van der Waals surface area contributed by atoms with Gasteiger partial charge in [-0.3, -0.25) is 0 Å². The zero-order valence-electron chi connectivity index (χ0n) is 16.4. The maximum Gasteiger partial charge on any atom is 0.410 e. The van der Waals surface area contributed by atoms with Gasteiger partial charge in [0.2, 0.25) is 0 Å². The summed E-state index contributed by atoms with van der Waals surface area (Å²) in [6.07, 6.45) is 1.40. The highest BCUT2D eigenvalue weighted by atomic mass is 32.2. The van der Waals surface area contributed by atoms with Crippen LogP contribution in [-0.2, 0) is 15.7 Å². The molecule has 0 bridgehead atoms. The standard InChI is InChI=1S/C18H33FN2O3S/c1-16(2,3)24-15(22)21-11-9-18(10-12-21)8-7-13(19)14(18)20-25(23)17(4,5)6/h13-14,20H,7-12H2,1-6H3/t13?,14?,25-/m0/s1. The number of nitrogens with zero attached hydrogens (tertiary/aromatic N) is 1. The average molecular weight is 377 g/mol. The van der Waals surface area contributed by atoms with Crippen molar-refractivity contribution in [2.45, 2.75) is 89.8 Å². The number of nitrogens with one attached hydrogen (secondary N) is 1. The number of carbonyl (C=O) groups is 1. The molecule has 2 aliphatic rings. The van der Waals surface area contributed by atoms with Gasteiger partial charge in [-0.25, -0.2) is 18.1 Å². The second-order valence-corrected chi connectivity index (χ2v) is 11.4. The van der Waals surface area contributed by atoms with Crippen molar-refractivity contribution in [2.24, 2.45) is 5.41 Å². The molecule has 1 aliphatic carbocycles. The fourth-order valence-corrected chi connectivity index (χ4v) is 4.63. The Bertz CT molecular complexity index is 519. The minimum Gasteiger partial charge on any atom is -0.444 e. The van der Waals surface area contributed by atoms with Gasteiger partial charge in [-0.05, 0) is 72.6 Å². The Kier molecular flexibility index (Phi) is 5.89. The summed E-state index contributed by atoms with van der Waals surface area (Å²) in [7, 11) is -1.30. The van der Waals surface area contributed by atoms with Crippen molar-refractivity contribution in [3.63, 3.8) is 0 Å². The molecule has 2 unspecified atom stereocenters. The van der Waals surface area contributed by atoms with E-state index in [0.29, 0.717) is 32.4 Å². The molecule has 1 N–H and O–H groups in total. The van der Waals surface area contributed by atoms with Crippen LogP contribution in [0.4, 0.5) is 9.18 Å². The predicted molar refractivity (Wildman–Crippen MR) is 98.4 cm³/mol. The van der Waals surface area contributed by atoms with Crippen LogP contribution >= 0.6 is 0 Å². The Hall–Kier alpha value is -0.690. The summed E-state index contributed by atoms with van der Waals surface area (Å²) in [5, 5.41) is 0. The summed E-state index contributed by atoms with van der Waals surface area (Å²) < 4.78 is 35.1. The first-order valence-corrected chi connectivity index (χ1v) is 10.3. The molecule has 2 rings (SSSR count). The van der Waals surface area contributed by atoms with Gasteiger partial charge in [0.15, 0.2) is 0 Å². The van der Waals surface area contributed by atoms with Crippen LogP contribution in [0.25, 0.3) is 0 Å². The third-order valence-electron chi connectivity index (χ3n) is 5.14. The number of amides is 1. The maximum absolute atomic E-state index is 14.5.